The number of ether oxygens (including phenoxy) is 1. The summed E-state index contributed by atoms with van der Waals surface area (Å²) in [5.74, 6) is -2.18. The molecule has 0 unspecified atom stereocenters. The SMILES string of the molecule is CCCC[C@@H](C(=O)OC)N1C(=O)[C@H]2C3c4ccccc4C(c4ccccc43)[C@@H]2C1=O. The fourth-order valence-corrected chi connectivity index (χ4v) is 5.89. The molecule has 0 spiro atoms. The number of imide groups is 1. The molecule has 1 saturated heterocycles. The molecule has 0 N–H and O–H groups in total. The maximum absolute atomic E-state index is 13.7. The molecular formula is C25H25NO4. The Bertz CT molecular complexity index is 929. The number of hydrogen-bond donors (Lipinski definition) is 0. The van der Waals surface area contributed by atoms with E-state index in [1.165, 1.54) is 12.0 Å². The van der Waals surface area contributed by atoms with E-state index >= 15 is 0 Å². The number of unbranched alkanes of at least 4 members (excludes halogenated alkanes) is 1. The highest BCUT2D eigenvalue weighted by atomic mass is 16.5. The lowest BCUT2D eigenvalue weighted by Gasteiger charge is -2.45. The number of carbonyl (C=O) groups is 3. The molecule has 3 atom stereocenters. The van der Waals surface area contributed by atoms with Crippen molar-refractivity contribution >= 4 is 17.8 Å². The van der Waals surface area contributed by atoms with E-state index in [0.29, 0.717) is 6.42 Å². The van der Waals surface area contributed by atoms with Crippen LogP contribution in [0.25, 0.3) is 0 Å². The van der Waals surface area contributed by atoms with E-state index < -0.39 is 23.8 Å². The van der Waals surface area contributed by atoms with Crippen LogP contribution in [0, 0.1) is 11.8 Å². The van der Waals surface area contributed by atoms with Gasteiger partial charge in [0.15, 0.2) is 0 Å². The van der Waals surface area contributed by atoms with Crippen LogP contribution in [0.5, 0.6) is 0 Å². The number of benzene rings is 2. The Morgan fingerprint density at radius 1 is 0.900 bits per heavy atom. The summed E-state index contributed by atoms with van der Waals surface area (Å²) in [5.41, 5.74) is 4.53. The van der Waals surface area contributed by atoms with E-state index in [1.807, 2.05) is 31.2 Å². The van der Waals surface area contributed by atoms with Gasteiger partial charge in [0.25, 0.3) is 0 Å². The van der Waals surface area contributed by atoms with Crippen LogP contribution in [0.4, 0.5) is 0 Å². The van der Waals surface area contributed by atoms with Gasteiger partial charge in [-0.15, -0.1) is 0 Å². The summed E-state index contributed by atoms with van der Waals surface area (Å²) in [6, 6.07) is 15.4. The number of carbonyl (C=O) groups excluding carboxylic acids is 3. The van der Waals surface area contributed by atoms with Crippen LogP contribution in [-0.2, 0) is 19.1 Å². The summed E-state index contributed by atoms with van der Waals surface area (Å²) in [6.07, 6.45) is 2.06. The van der Waals surface area contributed by atoms with Gasteiger partial charge in [0, 0.05) is 11.8 Å². The maximum atomic E-state index is 13.7. The Kier molecular flexibility index (Phi) is 4.49. The molecule has 0 radical (unpaired) electrons. The second kappa shape index (κ2) is 7.08. The molecule has 5 heteroatoms. The van der Waals surface area contributed by atoms with Gasteiger partial charge in [0.1, 0.15) is 6.04 Å². The first kappa shape index (κ1) is 19.0. The Morgan fingerprint density at radius 3 is 1.70 bits per heavy atom. The van der Waals surface area contributed by atoms with E-state index in [0.717, 1.165) is 35.1 Å². The van der Waals surface area contributed by atoms with Crippen LogP contribution in [0.2, 0.25) is 0 Å². The first-order chi connectivity index (χ1) is 14.6. The Morgan fingerprint density at radius 2 is 1.33 bits per heavy atom. The highest BCUT2D eigenvalue weighted by Crippen LogP contribution is 2.61. The van der Waals surface area contributed by atoms with Crippen molar-refractivity contribution in [3.8, 4) is 0 Å². The van der Waals surface area contributed by atoms with Gasteiger partial charge in [-0.1, -0.05) is 68.3 Å². The van der Waals surface area contributed by atoms with E-state index in [4.69, 9.17) is 4.74 Å². The van der Waals surface area contributed by atoms with Gasteiger partial charge < -0.3 is 4.74 Å². The summed E-state index contributed by atoms with van der Waals surface area (Å²) in [5, 5.41) is 0. The largest absolute Gasteiger partial charge is 0.467 e. The topological polar surface area (TPSA) is 63.7 Å². The van der Waals surface area contributed by atoms with Gasteiger partial charge in [-0.3, -0.25) is 14.5 Å². The molecular weight excluding hydrogens is 378 g/mol. The average Bonchev–Trinajstić information content (AvgIpc) is 3.05. The first-order valence-corrected chi connectivity index (χ1v) is 10.7. The lowest BCUT2D eigenvalue weighted by Crippen LogP contribution is -2.46. The lowest BCUT2D eigenvalue weighted by molar-refractivity contribution is -0.157. The highest BCUT2D eigenvalue weighted by Gasteiger charge is 2.63. The summed E-state index contributed by atoms with van der Waals surface area (Å²) >= 11 is 0. The highest BCUT2D eigenvalue weighted by molar-refractivity contribution is 6.10. The standard InChI is InChI=1S/C25H25NO4/c1-3-4-13-18(25(29)30-2)26-23(27)21-19-14-9-5-6-10-15(14)20(22(21)24(26)28)17-12-8-7-11-16(17)19/h5-12,18-22H,3-4,13H2,1-2H3/t18-,19?,20?,21-,22-/m0/s1. The lowest BCUT2D eigenvalue weighted by atomic mass is 9.55. The molecule has 30 heavy (non-hydrogen) atoms. The molecule has 4 aliphatic rings. The zero-order valence-electron chi connectivity index (χ0n) is 17.2. The Hall–Kier alpha value is -2.95. The van der Waals surface area contributed by atoms with Crippen molar-refractivity contribution in [2.75, 3.05) is 7.11 Å². The van der Waals surface area contributed by atoms with Crippen molar-refractivity contribution in [1.29, 1.82) is 0 Å². The number of methoxy groups -OCH3 is 1. The molecule has 2 aromatic carbocycles. The average molecular weight is 403 g/mol. The number of hydrogen-bond acceptors (Lipinski definition) is 4. The molecule has 154 valence electrons. The van der Waals surface area contributed by atoms with E-state index in [1.54, 1.807) is 0 Å². The summed E-state index contributed by atoms with van der Waals surface area (Å²) in [6.45, 7) is 2.02. The van der Waals surface area contributed by atoms with Gasteiger partial charge in [-0.25, -0.2) is 4.79 Å². The third-order valence-electron chi connectivity index (χ3n) is 7.10. The predicted octanol–water partition coefficient (Wildman–Crippen LogP) is 3.61. The monoisotopic (exact) mass is 403 g/mol. The van der Waals surface area contributed by atoms with Crippen LogP contribution in [0.15, 0.2) is 48.5 Å². The minimum Gasteiger partial charge on any atom is -0.467 e. The number of esters is 1. The molecule has 2 bridgehead atoms. The molecule has 0 saturated carbocycles. The van der Waals surface area contributed by atoms with E-state index in [9.17, 15) is 14.4 Å². The van der Waals surface area contributed by atoms with Crippen LogP contribution in [-0.4, -0.2) is 35.8 Å². The zero-order chi connectivity index (χ0) is 21.0. The molecule has 1 fully saturated rings. The van der Waals surface area contributed by atoms with Gasteiger partial charge in [0.2, 0.25) is 11.8 Å². The van der Waals surface area contributed by atoms with Crippen molar-refractivity contribution in [3.63, 3.8) is 0 Å². The third kappa shape index (κ3) is 2.44. The molecule has 2 amide bonds. The number of likely N-dealkylation sites (tertiary alicyclic amines) is 1. The van der Waals surface area contributed by atoms with Crippen molar-refractivity contribution in [1.82, 2.24) is 4.90 Å². The minimum absolute atomic E-state index is 0.154. The summed E-state index contributed by atoms with van der Waals surface area (Å²) < 4.78 is 4.98. The van der Waals surface area contributed by atoms with E-state index in [2.05, 4.69) is 24.3 Å². The van der Waals surface area contributed by atoms with Crippen LogP contribution < -0.4 is 0 Å². The second-order valence-corrected chi connectivity index (χ2v) is 8.49. The normalized spacial score (nSPS) is 26.8. The quantitative estimate of drug-likeness (QED) is 0.565. The third-order valence-corrected chi connectivity index (χ3v) is 7.10. The Labute approximate surface area is 176 Å². The second-order valence-electron chi connectivity index (χ2n) is 8.49. The molecule has 5 nitrogen and oxygen atoms in total. The molecule has 2 aromatic rings. The fraction of sp³-hybridized carbons (Fsp3) is 0.400. The van der Waals surface area contributed by atoms with Gasteiger partial charge in [0.05, 0.1) is 18.9 Å². The molecule has 3 aliphatic carbocycles. The van der Waals surface area contributed by atoms with Crippen LogP contribution in [0.1, 0.15) is 60.3 Å². The van der Waals surface area contributed by atoms with E-state index in [-0.39, 0.29) is 23.7 Å². The first-order valence-electron chi connectivity index (χ1n) is 10.7. The van der Waals surface area contributed by atoms with Crippen LogP contribution in [0.3, 0.4) is 0 Å². The number of nitrogens with zero attached hydrogens (tertiary/aromatic N) is 1. The van der Waals surface area contributed by atoms with Gasteiger partial charge in [-0.2, -0.15) is 0 Å². The number of rotatable bonds is 5. The summed E-state index contributed by atoms with van der Waals surface area (Å²) in [4.78, 5) is 41.2. The van der Waals surface area contributed by atoms with Gasteiger partial charge in [-0.05, 0) is 28.7 Å². The van der Waals surface area contributed by atoms with Crippen molar-refractivity contribution in [3.05, 3.63) is 70.8 Å². The molecule has 1 heterocycles. The predicted molar refractivity (Wildman–Crippen MR) is 111 cm³/mol. The van der Waals surface area contributed by atoms with Crippen molar-refractivity contribution < 1.29 is 19.1 Å². The molecule has 6 rings (SSSR count). The van der Waals surface area contributed by atoms with Gasteiger partial charge >= 0.3 is 5.97 Å². The minimum atomic E-state index is -0.842. The van der Waals surface area contributed by atoms with Crippen molar-refractivity contribution in [2.24, 2.45) is 11.8 Å². The zero-order valence-corrected chi connectivity index (χ0v) is 17.2. The smallest absolute Gasteiger partial charge is 0.329 e. The van der Waals surface area contributed by atoms with Crippen LogP contribution >= 0.6 is 0 Å². The summed E-state index contributed by atoms with van der Waals surface area (Å²) in [7, 11) is 1.31. The number of amides is 2. The molecule has 1 aliphatic heterocycles. The van der Waals surface area contributed by atoms with Crippen molar-refractivity contribution in [2.45, 2.75) is 44.1 Å². The fourth-order valence-electron chi connectivity index (χ4n) is 5.89. The molecule has 0 aromatic heterocycles. The maximum Gasteiger partial charge on any atom is 0.329 e. The Balaban J connectivity index is 1.64.